The SMILES string of the molecule is Cc1ccc(Nc2cccc3c2CCN([S+](C)[O-])C3)cc1-c1ccc2ccccc2n1. The van der Waals surface area contributed by atoms with Gasteiger partial charge in [-0.3, -0.25) is 0 Å². The Morgan fingerprint density at radius 3 is 2.74 bits per heavy atom. The van der Waals surface area contributed by atoms with E-state index in [1.165, 1.54) is 16.7 Å². The van der Waals surface area contributed by atoms with Crippen molar-refractivity contribution >= 4 is 33.6 Å². The van der Waals surface area contributed by atoms with Crippen LogP contribution in [0, 0.1) is 6.92 Å². The van der Waals surface area contributed by atoms with E-state index in [2.05, 4.69) is 72.9 Å². The molecule has 1 atom stereocenters. The number of aryl methyl sites for hydroxylation is 1. The first kappa shape index (κ1) is 20.1. The van der Waals surface area contributed by atoms with Crippen molar-refractivity contribution in [2.24, 2.45) is 0 Å². The van der Waals surface area contributed by atoms with Crippen molar-refractivity contribution in [3.8, 4) is 11.3 Å². The van der Waals surface area contributed by atoms with E-state index >= 15 is 0 Å². The van der Waals surface area contributed by atoms with Crippen molar-refractivity contribution in [3.05, 3.63) is 89.5 Å². The Labute approximate surface area is 186 Å². The highest BCUT2D eigenvalue weighted by atomic mass is 32.2. The highest BCUT2D eigenvalue weighted by Gasteiger charge is 2.24. The summed E-state index contributed by atoms with van der Waals surface area (Å²) >= 11 is -0.935. The van der Waals surface area contributed by atoms with Gasteiger partial charge in [-0.25, -0.2) is 4.98 Å². The largest absolute Gasteiger partial charge is 0.598 e. The Bertz CT molecular complexity index is 1250. The van der Waals surface area contributed by atoms with E-state index in [1.54, 1.807) is 6.26 Å². The van der Waals surface area contributed by atoms with Gasteiger partial charge >= 0.3 is 0 Å². The zero-order valence-corrected chi connectivity index (χ0v) is 18.6. The minimum absolute atomic E-state index is 0.730. The molecule has 4 aromatic rings. The molecule has 0 bridgehead atoms. The number of hydrogen-bond acceptors (Lipinski definition) is 4. The van der Waals surface area contributed by atoms with Crippen LogP contribution in [0.3, 0.4) is 0 Å². The lowest BCUT2D eigenvalue weighted by atomic mass is 9.98. The van der Waals surface area contributed by atoms with E-state index < -0.39 is 11.4 Å². The molecule has 1 aliphatic rings. The highest BCUT2D eigenvalue weighted by molar-refractivity contribution is 7.88. The average Bonchev–Trinajstić information content (AvgIpc) is 2.80. The number of fused-ring (bicyclic) bond motifs is 2. The number of anilines is 2. The normalized spacial score (nSPS) is 14.9. The third-order valence-corrected chi connectivity index (χ3v) is 7.02. The van der Waals surface area contributed by atoms with Crippen LogP contribution in [-0.2, 0) is 24.3 Å². The summed E-state index contributed by atoms with van der Waals surface area (Å²) in [6.07, 6.45) is 2.64. The van der Waals surface area contributed by atoms with Crippen LogP contribution < -0.4 is 5.32 Å². The standard InChI is InChI=1S/C26H25N3OS/c1-18-10-12-21(16-23(18)26-13-11-19-6-3-4-8-24(19)28-26)27-25-9-5-7-20-17-29(31(2)30)15-14-22(20)25/h3-13,16,27H,14-15,17H2,1-2H3. The molecule has 5 heteroatoms. The quantitative estimate of drug-likeness (QED) is 0.430. The molecule has 156 valence electrons. The van der Waals surface area contributed by atoms with Gasteiger partial charge in [-0.15, -0.1) is 4.31 Å². The molecule has 1 aliphatic heterocycles. The topological polar surface area (TPSA) is 51.2 Å². The molecule has 3 aromatic carbocycles. The number of rotatable bonds is 4. The summed E-state index contributed by atoms with van der Waals surface area (Å²) in [5.74, 6) is 0. The Morgan fingerprint density at radius 1 is 1.00 bits per heavy atom. The van der Waals surface area contributed by atoms with Gasteiger partial charge in [0, 0.05) is 40.2 Å². The third kappa shape index (κ3) is 4.04. The summed E-state index contributed by atoms with van der Waals surface area (Å²) in [4.78, 5) is 4.89. The Hall–Kier alpha value is -2.86. The lowest BCUT2D eigenvalue weighted by molar-refractivity contribution is 0.395. The Morgan fingerprint density at radius 2 is 1.87 bits per heavy atom. The number of benzene rings is 3. The summed E-state index contributed by atoms with van der Waals surface area (Å²) in [6, 6.07) is 25.2. The molecule has 0 spiro atoms. The van der Waals surface area contributed by atoms with Gasteiger partial charge in [-0.05, 0) is 60.4 Å². The van der Waals surface area contributed by atoms with Crippen molar-refractivity contribution in [1.29, 1.82) is 0 Å². The first-order valence-electron chi connectivity index (χ1n) is 10.5. The van der Waals surface area contributed by atoms with Crippen LogP contribution in [0.1, 0.15) is 16.7 Å². The molecule has 0 radical (unpaired) electrons. The zero-order chi connectivity index (χ0) is 21.4. The van der Waals surface area contributed by atoms with E-state index in [9.17, 15) is 4.55 Å². The van der Waals surface area contributed by atoms with Crippen molar-refractivity contribution in [2.75, 3.05) is 18.1 Å². The van der Waals surface area contributed by atoms with Crippen LogP contribution in [0.2, 0.25) is 0 Å². The number of nitrogens with zero attached hydrogens (tertiary/aromatic N) is 2. The molecule has 0 saturated carbocycles. The van der Waals surface area contributed by atoms with Gasteiger partial charge < -0.3 is 9.87 Å². The number of nitrogens with one attached hydrogen (secondary N) is 1. The molecular formula is C26H25N3OS. The van der Waals surface area contributed by atoms with Crippen molar-refractivity contribution in [2.45, 2.75) is 19.9 Å². The number of hydrogen-bond donors (Lipinski definition) is 1. The van der Waals surface area contributed by atoms with Gasteiger partial charge in [0.25, 0.3) is 0 Å². The predicted molar refractivity (Wildman–Crippen MR) is 130 cm³/mol. The zero-order valence-electron chi connectivity index (χ0n) is 17.8. The van der Waals surface area contributed by atoms with Gasteiger partial charge in [0.1, 0.15) is 6.26 Å². The molecule has 1 aromatic heterocycles. The maximum atomic E-state index is 11.9. The average molecular weight is 428 g/mol. The number of aromatic nitrogens is 1. The molecular weight excluding hydrogens is 402 g/mol. The van der Waals surface area contributed by atoms with Crippen LogP contribution in [0.15, 0.2) is 72.8 Å². The summed E-state index contributed by atoms with van der Waals surface area (Å²) in [7, 11) is 0. The van der Waals surface area contributed by atoms with Gasteiger partial charge in [0.15, 0.2) is 0 Å². The molecule has 2 heterocycles. The summed E-state index contributed by atoms with van der Waals surface area (Å²) < 4.78 is 13.9. The van der Waals surface area contributed by atoms with E-state index in [0.717, 1.165) is 53.0 Å². The fourth-order valence-electron chi connectivity index (χ4n) is 4.27. The van der Waals surface area contributed by atoms with E-state index in [0.29, 0.717) is 0 Å². The van der Waals surface area contributed by atoms with Crippen LogP contribution in [0.25, 0.3) is 22.2 Å². The van der Waals surface area contributed by atoms with Gasteiger partial charge in [-0.1, -0.05) is 42.5 Å². The Balaban J connectivity index is 1.47. The van der Waals surface area contributed by atoms with Gasteiger partial charge in [0.05, 0.1) is 17.8 Å². The first-order valence-corrected chi connectivity index (χ1v) is 12.0. The fourth-order valence-corrected chi connectivity index (χ4v) is 4.94. The molecule has 0 aliphatic carbocycles. The Kier molecular flexibility index (Phi) is 5.40. The highest BCUT2D eigenvalue weighted by Crippen LogP contribution is 2.32. The van der Waals surface area contributed by atoms with Crippen LogP contribution in [-0.4, -0.2) is 26.6 Å². The maximum Gasteiger partial charge on any atom is 0.115 e. The second kappa shape index (κ2) is 8.35. The molecule has 5 rings (SSSR count). The molecule has 1 N–H and O–H groups in total. The summed E-state index contributed by atoms with van der Waals surface area (Å²) in [5, 5.41) is 4.78. The third-order valence-electron chi connectivity index (χ3n) is 5.99. The molecule has 0 saturated heterocycles. The lowest BCUT2D eigenvalue weighted by Gasteiger charge is -2.29. The van der Waals surface area contributed by atoms with Gasteiger partial charge in [0.2, 0.25) is 0 Å². The van der Waals surface area contributed by atoms with Crippen LogP contribution >= 0.6 is 0 Å². The smallest absolute Gasteiger partial charge is 0.115 e. The second-order valence-corrected chi connectivity index (χ2v) is 9.39. The van der Waals surface area contributed by atoms with E-state index in [1.807, 2.05) is 16.4 Å². The van der Waals surface area contributed by atoms with Crippen molar-refractivity contribution in [1.82, 2.24) is 9.29 Å². The van der Waals surface area contributed by atoms with Crippen molar-refractivity contribution in [3.63, 3.8) is 0 Å². The molecule has 1 unspecified atom stereocenters. The summed E-state index contributed by atoms with van der Waals surface area (Å²) in [5.41, 5.74) is 9.05. The number of pyridine rings is 1. The molecule has 4 nitrogen and oxygen atoms in total. The van der Waals surface area contributed by atoms with Crippen LogP contribution in [0.5, 0.6) is 0 Å². The van der Waals surface area contributed by atoms with Gasteiger partial charge in [-0.2, -0.15) is 0 Å². The van der Waals surface area contributed by atoms with E-state index in [-0.39, 0.29) is 0 Å². The lowest BCUT2D eigenvalue weighted by Crippen LogP contribution is -2.35. The summed E-state index contributed by atoms with van der Waals surface area (Å²) in [6.45, 7) is 3.67. The van der Waals surface area contributed by atoms with Crippen LogP contribution in [0.4, 0.5) is 11.4 Å². The second-order valence-electron chi connectivity index (χ2n) is 8.02. The number of para-hydroxylation sites is 1. The molecule has 0 amide bonds. The first-order chi connectivity index (χ1) is 15.1. The minimum Gasteiger partial charge on any atom is -0.598 e. The molecule has 31 heavy (non-hydrogen) atoms. The van der Waals surface area contributed by atoms with Crippen molar-refractivity contribution < 1.29 is 4.55 Å². The minimum atomic E-state index is -0.935. The molecule has 0 fully saturated rings. The van der Waals surface area contributed by atoms with E-state index in [4.69, 9.17) is 4.98 Å². The fraction of sp³-hybridized carbons (Fsp3) is 0.192. The predicted octanol–water partition coefficient (Wildman–Crippen LogP) is 5.61. The monoisotopic (exact) mass is 427 g/mol. The maximum absolute atomic E-state index is 11.9.